The predicted molar refractivity (Wildman–Crippen MR) is 125 cm³/mol. The maximum atomic E-state index is 14.2. The number of fused-ring (bicyclic) bond motifs is 1. The Hall–Kier alpha value is -2.83. The van der Waals surface area contributed by atoms with Gasteiger partial charge >= 0.3 is 0 Å². The van der Waals surface area contributed by atoms with E-state index in [9.17, 15) is 4.39 Å². The SMILES string of the molecule is C[C@H](Cc1ncc2nc(-c3ccccc3Cl)n(CC3CCNC3)c2n1)c1ccccc1F. The third-order valence-electron chi connectivity index (χ3n) is 6.18. The topological polar surface area (TPSA) is 55.6 Å². The van der Waals surface area contributed by atoms with Gasteiger partial charge in [0, 0.05) is 18.5 Å². The lowest BCUT2D eigenvalue weighted by Gasteiger charge is -2.15. The summed E-state index contributed by atoms with van der Waals surface area (Å²) in [5.74, 6) is 1.77. The van der Waals surface area contributed by atoms with Crippen molar-refractivity contribution in [2.45, 2.75) is 32.2 Å². The van der Waals surface area contributed by atoms with E-state index in [1.165, 1.54) is 6.07 Å². The molecule has 32 heavy (non-hydrogen) atoms. The molecular weight excluding hydrogens is 425 g/mol. The van der Waals surface area contributed by atoms with Gasteiger partial charge in [0.2, 0.25) is 0 Å². The van der Waals surface area contributed by atoms with E-state index < -0.39 is 0 Å². The quantitative estimate of drug-likeness (QED) is 0.437. The summed E-state index contributed by atoms with van der Waals surface area (Å²) in [7, 11) is 0. The van der Waals surface area contributed by atoms with Crippen molar-refractivity contribution in [3.63, 3.8) is 0 Å². The van der Waals surface area contributed by atoms with Crippen molar-refractivity contribution in [3.8, 4) is 11.4 Å². The Bertz CT molecular complexity index is 1250. The second-order valence-electron chi connectivity index (χ2n) is 8.51. The van der Waals surface area contributed by atoms with Crippen molar-refractivity contribution in [1.82, 2.24) is 24.8 Å². The van der Waals surface area contributed by atoms with Crippen molar-refractivity contribution in [2.75, 3.05) is 13.1 Å². The molecule has 1 fully saturated rings. The molecule has 1 aliphatic rings. The number of aromatic nitrogens is 4. The zero-order valence-electron chi connectivity index (χ0n) is 17.9. The van der Waals surface area contributed by atoms with Crippen LogP contribution in [0.25, 0.3) is 22.6 Å². The number of nitrogens with zero attached hydrogens (tertiary/aromatic N) is 4. The van der Waals surface area contributed by atoms with Crippen LogP contribution >= 0.6 is 11.6 Å². The van der Waals surface area contributed by atoms with E-state index >= 15 is 0 Å². The summed E-state index contributed by atoms with van der Waals surface area (Å²) in [6.07, 6.45) is 3.44. The number of nitrogens with one attached hydrogen (secondary N) is 1. The van der Waals surface area contributed by atoms with Crippen LogP contribution in [0.1, 0.15) is 30.7 Å². The molecule has 0 aliphatic carbocycles. The minimum absolute atomic E-state index is 0.0351. The second kappa shape index (κ2) is 8.96. The number of halogens is 2. The first-order chi connectivity index (χ1) is 15.6. The van der Waals surface area contributed by atoms with E-state index in [2.05, 4.69) is 14.9 Å². The first-order valence-electron chi connectivity index (χ1n) is 11.0. The lowest BCUT2D eigenvalue weighted by atomic mass is 9.97. The van der Waals surface area contributed by atoms with Crippen LogP contribution in [0.4, 0.5) is 4.39 Å². The number of rotatable bonds is 6. The van der Waals surface area contributed by atoms with Crippen LogP contribution in [0.2, 0.25) is 5.02 Å². The molecule has 2 aromatic heterocycles. The molecule has 0 radical (unpaired) electrons. The monoisotopic (exact) mass is 449 g/mol. The first-order valence-corrected chi connectivity index (χ1v) is 11.4. The lowest BCUT2D eigenvalue weighted by Crippen LogP contribution is -2.16. The standard InChI is InChI=1S/C25H25ClFN5/c1-16(18-6-3-5-9-21(18)27)12-23-29-14-22-25(31-23)32(15-17-10-11-28-13-17)24(30-22)19-7-2-4-8-20(19)26/h2-9,14,16-17,28H,10-13,15H2,1H3/t16-,17?/m1/s1. The summed E-state index contributed by atoms with van der Waals surface area (Å²) >= 11 is 6.52. The van der Waals surface area contributed by atoms with Crippen LogP contribution in [0.3, 0.4) is 0 Å². The van der Waals surface area contributed by atoms with Gasteiger partial charge in [0.1, 0.15) is 23.0 Å². The van der Waals surface area contributed by atoms with E-state index in [4.69, 9.17) is 21.6 Å². The maximum absolute atomic E-state index is 14.2. The molecule has 0 saturated carbocycles. The highest BCUT2D eigenvalue weighted by atomic mass is 35.5. The molecule has 7 heteroatoms. The number of hydrogen-bond acceptors (Lipinski definition) is 4. The highest BCUT2D eigenvalue weighted by Gasteiger charge is 2.22. The van der Waals surface area contributed by atoms with Crippen LogP contribution in [0, 0.1) is 11.7 Å². The van der Waals surface area contributed by atoms with Gasteiger partial charge in [0.05, 0.1) is 11.2 Å². The molecule has 5 nitrogen and oxygen atoms in total. The van der Waals surface area contributed by atoms with E-state index in [0.717, 1.165) is 48.6 Å². The van der Waals surface area contributed by atoms with Gasteiger partial charge in [0.15, 0.2) is 5.65 Å². The van der Waals surface area contributed by atoms with Gasteiger partial charge in [-0.2, -0.15) is 0 Å². The van der Waals surface area contributed by atoms with Gasteiger partial charge in [-0.05, 0) is 55.1 Å². The smallest absolute Gasteiger partial charge is 0.164 e. The Morgan fingerprint density at radius 1 is 1.16 bits per heavy atom. The molecule has 3 heterocycles. The molecule has 1 saturated heterocycles. The normalized spacial score (nSPS) is 17.2. The second-order valence-corrected chi connectivity index (χ2v) is 8.91. The Labute approximate surface area is 191 Å². The molecule has 5 rings (SSSR count). The van der Waals surface area contributed by atoms with Gasteiger partial charge < -0.3 is 9.88 Å². The van der Waals surface area contributed by atoms with E-state index in [1.807, 2.05) is 43.3 Å². The third-order valence-corrected chi connectivity index (χ3v) is 6.51. The number of imidazole rings is 1. The van der Waals surface area contributed by atoms with Gasteiger partial charge in [-0.1, -0.05) is 48.9 Å². The minimum atomic E-state index is -0.194. The molecule has 4 aromatic rings. The average molecular weight is 450 g/mol. The lowest BCUT2D eigenvalue weighted by molar-refractivity contribution is 0.490. The highest BCUT2D eigenvalue weighted by molar-refractivity contribution is 6.33. The van der Waals surface area contributed by atoms with E-state index in [1.54, 1.807) is 12.3 Å². The van der Waals surface area contributed by atoms with Crippen LogP contribution < -0.4 is 5.32 Å². The molecule has 1 aliphatic heterocycles. The van der Waals surface area contributed by atoms with E-state index in [-0.39, 0.29) is 11.7 Å². The zero-order chi connectivity index (χ0) is 22.1. The molecule has 1 N–H and O–H groups in total. The van der Waals surface area contributed by atoms with E-state index in [0.29, 0.717) is 28.7 Å². The summed E-state index contributed by atoms with van der Waals surface area (Å²) < 4.78 is 16.4. The molecule has 0 spiro atoms. The van der Waals surface area contributed by atoms with Gasteiger partial charge in [-0.3, -0.25) is 0 Å². The molecule has 0 amide bonds. The highest BCUT2D eigenvalue weighted by Crippen LogP contribution is 2.31. The number of benzene rings is 2. The summed E-state index contributed by atoms with van der Waals surface area (Å²) in [6, 6.07) is 14.6. The molecule has 1 unspecified atom stereocenters. The average Bonchev–Trinajstić information content (AvgIpc) is 3.43. The Balaban J connectivity index is 1.55. The summed E-state index contributed by atoms with van der Waals surface area (Å²) in [4.78, 5) is 14.3. The first kappa shape index (κ1) is 21.0. The maximum Gasteiger partial charge on any atom is 0.164 e. The van der Waals surface area contributed by atoms with Gasteiger partial charge in [0.25, 0.3) is 0 Å². The van der Waals surface area contributed by atoms with Crippen molar-refractivity contribution in [2.24, 2.45) is 5.92 Å². The van der Waals surface area contributed by atoms with Crippen LogP contribution in [0.15, 0.2) is 54.7 Å². The van der Waals surface area contributed by atoms with Crippen LogP contribution in [-0.4, -0.2) is 32.6 Å². The van der Waals surface area contributed by atoms with Crippen molar-refractivity contribution in [3.05, 3.63) is 77.0 Å². The Kier molecular flexibility index (Phi) is 5.89. The Morgan fingerprint density at radius 3 is 2.75 bits per heavy atom. The molecule has 0 bridgehead atoms. The fourth-order valence-electron chi connectivity index (χ4n) is 4.46. The van der Waals surface area contributed by atoms with Crippen molar-refractivity contribution in [1.29, 1.82) is 0 Å². The predicted octanol–water partition coefficient (Wildman–Crippen LogP) is 5.24. The third kappa shape index (κ3) is 4.12. The summed E-state index contributed by atoms with van der Waals surface area (Å²) in [5.41, 5.74) is 3.11. The van der Waals surface area contributed by atoms with Crippen LogP contribution in [0.5, 0.6) is 0 Å². The fraction of sp³-hybridized carbons (Fsp3) is 0.320. The van der Waals surface area contributed by atoms with Crippen molar-refractivity contribution < 1.29 is 4.39 Å². The van der Waals surface area contributed by atoms with Crippen molar-refractivity contribution >= 4 is 22.8 Å². The zero-order valence-corrected chi connectivity index (χ0v) is 18.7. The summed E-state index contributed by atoms with van der Waals surface area (Å²) in [5, 5.41) is 4.10. The molecule has 164 valence electrons. The number of hydrogen-bond donors (Lipinski definition) is 1. The van der Waals surface area contributed by atoms with Gasteiger partial charge in [-0.25, -0.2) is 19.3 Å². The molecular formula is C25H25ClFN5. The fourth-order valence-corrected chi connectivity index (χ4v) is 4.68. The Morgan fingerprint density at radius 2 is 1.97 bits per heavy atom. The molecule has 2 atom stereocenters. The largest absolute Gasteiger partial charge is 0.316 e. The summed E-state index contributed by atoms with van der Waals surface area (Å²) in [6.45, 7) is 4.81. The minimum Gasteiger partial charge on any atom is -0.316 e. The molecule has 2 aromatic carbocycles. The van der Waals surface area contributed by atoms with Crippen LogP contribution in [-0.2, 0) is 13.0 Å². The van der Waals surface area contributed by atoms with Gasteiger partial charge in [-0.15, -0.1) is 0 Å².